The number of aliphatic hydroxyl groups excluding tert-OH is 1. The number of hydrogen-bond acceptors (Lipinski definition) is 3. The lowest BCUT2D eigenvalue weighted by Crippen LogP contribution is -2.28. The van der Waals surface area contributed by atoms with Crippen molar-refractivity contribution in [3.05, 3.63) is 65.7 Å². The van der Waals surface area contributed by atoms with E-state index in [4.69, 9.17) is 5.11 Å². The summed E-state index contributed by atoms with van der Waals surface area (Å²) in [7, 11) is -3.58. The monoisotopic (exact) mass is 305 g/mol. The normalized spacial score (nSPS) is 12.9. The number of hydrogen-bond donors (Lipinski definition) is 2. The second-order valence-corrected chi connectivity index (χ2v) is 7.06. The molecule has 0 aliphatic rings. The fourth-order valence-corrected chi connectivity index (χ4v) is 2.84. The second-order valence-electron chi connectivity index (χ2n) is 4.96. The van der Waals surface area contributed by atoms with E-state index < -0.39 is 21.9 Å². The first-order valence-electron chi connectivity index (χ1n) is 6.77. The van der Waals surface area contributed by atoms with Crippen LogP contribution in [0.5, 0.6) is 0 Å². The summed E-state index contributed by atoms with van der Waals surface area (Å²) in [6, 6.07) is 17.2. The van der Waals surface area contributed by atoms with Crippen LogP contribution in [-0.4, -0.2) is 25.4 Å². The van der Waals surface area contributed by atoms with Crippen molar-refractivity contribution in [3.8, 4) is 0 Å². The molecule has 5 heteroatoms. The summed E-state index contributed by atoms with van der Waals surface area (Å²) in [5.41, 5.74) is 2.57. The first kappa shape index (κ1) is 15.5. The summed E-state index contributed by atoms with van der Waals surface area (Å²) >= 11 is 0. The van der Waals surface area contributed by atoms with Gasteiger partial charge in [-0.2, -0.15) is 0 Å². The zero-order valence-electron chi connectivity index (χ0n) is 11.9. The first-order valence-corrected chi connectivity index (χ1v) is 8.32. The van der Waals surface area contributed by atoms with Crippen molar-refractivity contribution in [1.29, 1.82) is 0 Å². The highest BCUT2D eigenvalue weighted by atomic mass is 32.2. The van der Waals surface area contributed by atoms with Gasteiger partial charge in [-0.1, -0.05) is 48.5 Å². The summed E-state index contributed by atoms with van der Waals surface area (Å²) in [5.74, 6) is 0. The largest absolute Gasteiger partial charge is 0.395 e. The predicted octanol–water partition coefficient (Wildman–Crippen LogP) is 2.40. The Bertz CT molecular complexity index is 684. The highest BCUT2D eigenvalue weighted by molar-refractivity contribution is 7.93. The Hall–Kier alpha value is -1.85. The van der Waals surface area contributed by atoms with Gasteiger partial charge in [0.05, 0.1) is 12.3 Å². The van der Waals surface area contributed by atoms with Crippen LogP contribution in [0, 0.1) is 0 Å². The molecule has 1 unspecified atom stereocenters. The lowest BCUT2D eigenvalue weighted by molar-refractivity contribution is 0.296. The molecule has 2 aromatic rings. The molecule has 2 aromatic carbocycles. The van der Waals surface area contributed by atoms with E-state index >= 15 is 0 Å². The van der Waals surface area contributed by atoms with Gasteiger partial charge >= 0.3 is 0 Å². The summed E-state index contributed by atoms with van der Waals surface area (Å²) in [6.07, 6.45) is 0.646. The SMILES string of the molecule is CC(CO)S(=O)(=O)Nc1ccccc1Cc1ccccc1. The Morgan fingerprint density at radius 2 is 1.67 bits per heavy atom. The lowest BCUT2D eigenvalue weighted by Gasteiger charge is -2.15. The molecular formula is C16H19NO3S. The topological polar surface area (TPSA) is 66.4 Å². The summed E-state index contributed by atoms with van der Waals surface area (Å²) in [4.78, 5) is 0. The van der Waals surface area contributed by atoms with E-state index in [1.54, 1.807) is 12.1 Å². The maximum absolute atomic E-state index is 12.1. The van der Waals surface area contributed by atoms with Crippen LogP contribution in [0.3, 0.4) is 0 Å². The molecule has 2 N–H and O–H groups in total. The van der Waals surface area contributed by atoms with Gasteiger partial charge in [0, 0.05) is 0 Å². The van der Waals surface area contributed by atoms with E-state index in [0.717, 1.165) is 11.1 Å². The van der Waals surface area contributed by atoms with Crippen LogP contribution in [-0.2, 0) is 16.4 Å². The first-order chi connectivity index (χ1) is 10.0. The van der Waals surface area contributed by atoms with Gasteiger partial charge in [0.1, 0.15) is 5.25 Å². The van der Waals surface area contributed by atoms with Crippen LogP contribution in [0.25, 0.3) is 0 Å². The Morgan fingerprint density at radius 1 is 1.05 bits per heavy atom. The Balaban J connectivity index is 2.26. The molecule has 0 radical (unpaired) electrons. The van der Waals surface area contributed by atoms with Gasteiger partial charge in [0.15, 0.2) is 0 Å². The number of benzene rings is 2. The smallest absolute Gasteiger partial charge is 0.237 e. The fraction of sp³-hybridized carbons (Fsp3) is 0.250. The minimum Gasteiger partial charge on any atom is -0.395 e. The Kier molecular flexibility index (Phi) is 4.98. The molecule has 0 aromatic heterocycles. The molecule has 0 amide bonds. The van der Waals surface area contributed by atoms with E-state index in [9.17, 15) is 8.42 Å². The van der Waals surface area contributed by atoms with Gasteiger partial charge in [0.2, 0.25) is 10.0 Å². The molecule has 0 saturated heterocycles. The molecule has 112 valence electrons. The van der Waals surface area contributed by atoms with Gasteiger partial charge in [-0.05, 0) is 30.5 Å². The van der Waals surface area contributed by atoms with Gasteiger partial charge in [0.25, 0.3) is 0 Å². The molecule has 2 rings (SSSR count). The third-order valence-corrected chi connectivity index (χ3v) is 5.01. The molecule has 0 saturated carbocycles. The number of aliphatic hydroxyl groups is 1. The van der Waals surface area contributed by atoms with E-state index in [-0.39, 0.29) is 0 Å². The van der Waals surface area contributed by atoms with Gasteiger partial charge in [-0.25, -0.2) is 8.42 Å². The summed E-state index contributed by atoms with van der Waals surface area (Å²) < 4.78 is 26.7. The predicted molar refractivity (Wildman–Crippen MR) is 84.8 cm³/mol. The molecule has 0 aliphatic heterocycles. The minimum atomic E-state index is -3.58. The molecule has 1 atom stereocenters. The highest BCUT2D eigenvalue weighted by Gasteiger charge is 2.20. The molecule has 0 fully saturated rings. The standard InChI is InChI=1S/C16H19NO3S/c1-13(12-18)21(19,20)17-16-10-6-5-9-15(16)11-14-7-3-2-4-8-14/h2-10,13,17-18H,11-12H2,1H3. The zero-order valence-corrected chi connectivity index (χ0v) is 12.7. The van der Waals surface area contributed by atoms with Crippen LogP contribution >= 0.6 is 0 Å². The van der Waals surface area contributed by atoms with Crippen molar-refractivity contribution in [1.82, 2.24) is 0 Å². The van der Waals surface area contributed by atoms with Crippen molar-refractivity contribution in [2.24, 2.45) is 0 Å². The van der Waals surface area contributed by atoms with Crippen LogP contribution in [0.1, 0.15) is 18.1 Å². The maximum Gasteiger partial charge on any atom is 0.237 e. The minimum absolute atomic E-state index is 0.407. The molecule has 21 heavy (non-hydrogen) atoms. The van der Waals surface area contributed by atoms with Gasteiger partial charge < -0.3 is 5.11 Å². The Morgan fingerprint density at radius 3 is 2.33 bits per heavy atom. The number of anilines is 1. The van der Waals surface area contributed by atoms with Crippen LogP contribution in [0.2, 0.25) is 0 Å². The Labute approximate surface area is 125 Å². The van der Waals surface area contributed by atoms with Crippen LogP contribution < -0.4 is 4.72 Å². The van der Waals surface area contributed by atoms with Crippen LogP contribution in [0.4, 0.5) is 5.69 Å². The van der Waals surface area contributed by atoms with E-state index in [1.165, 1.54) is 6.92 Å². The van der Waals surface area contributed by atoms with Gasteiger partial charge in [-0.15, -0.1) is 0 Å². The summed E-state index contributed by atoms with van der Waals surface area (Å²) in [5, 5.41) is 8.19. The van der Waals surface area contributed by atoms with Crippen molar-refractivity contribution in [3.63, 3.8) is 0 Å². The number of sulfonamides is 1. The molecule has 0 aliphatic carbocycles. The van der Waals surface area contributed by atoms with Crippen LogP contribution in [0.15, 0.2) is 54.6 Å². The molecule has 0 bridgehead atoms. The molecule has 0 spiro atoms. The highest BCUT2D eigenvalue weighted by Crippen LogP contribution is 2.21. The average Bonchev–Trinajstić information content (AvgIpc) is 2.49. The van der Waals surface area contributed by atoms with Crippen molar-refractivity contribution in [2.75, 3.05) is 11.3 Å². The van der Waals surface area contributed by atoms with Gasteiger partial charge in [-0.3, -0.25) is 4.72 Å². The average molecular weight is 305 g/mol. The van der Waals surface area contributed by atoms with E-state index in [2.05, 4.69) is 4.72 Å². The van der Waals surface area contributed by atoms with E-state index in [1.807, 2.05) is 42.5 Å². The van der Waals surface area contributed by atoms with Crippen molar-refractivity contribution in [2.45, 2.75) is 18.6 Å². The lowest BCUT2D eigenvalue weighted by atomic mass is 10.0. The molecule has 0 heterocycles. The number of rotatable bonds is 6. The second kappa shape index (κ2) is 6.74. The molecular weight excluding hydrogens is 286 g/mol. The zero-order chi connectivity index (χ0) is 15.3. The van der Waals surface area contributed by atoms with Crippen molar-refractivity contribution < 1.29 is 13.5 Å². The quantitative estimate of drug-likeness (QED) is 0.861. The third kappa shape index (κ3) is 4.06. The van der Waals surface area contributed by atoms with E-state index in [0.29, 0.717) is 12.1 Å². The third-order valence-electron chi connectivity index (χ3n) is 3.29. The number of nitrogens with one attached hydrogen (secondary N) is 1. The maximum atomic E-state index is 12.1. The number of para-hydroxylation sites is 1. The summed E-state index contributed by atoms with van der Waals surface area (Å²) in [6.45, 7) is 1.07. The van der Waals surface area contributed by atoms with Crippen molar-refractivity contribution >= 4 is 15.7 Å². The fourth-order valence-electron chi connectivity index (χ4n) is 1.94. The molecule has 4 nitrogen and oxygen atoms in total.